The zero-order valence-corrected chi connectivity index (χ0v) is 11.2. The first-order valence-corrected chi connectivity index (χ1v) is 6.19. The molecule has 0 aliphatic heterocycles. The topological polar surface area (TPSA) is 72.9 Å². The van der Waals surface area contributed by atoms with Crippen LogP contribution in [0, 0.1) is 0 Å². The Bertz CT molecular complexity index is 594. The van der Waals surface area contributed by atoms with E-state index < -0.39 is 6.04 Å². The molecule has 0 saturated heterocycles. The van der Waals surface area contributed by atoms with Crippen LogP contribution in [0.3, 0.4) is 0 Å². The summed E-state index contributed by atoms with van der Waals surface area (Å²) in [5, 5.41) is 2.82. The Morgan fingerprint density at radius 2 is 2.11 bits per heavy atom. The molecular formula is C13H14N4OS. The van der Waals surface area contributed by atoms with Crippen LogP contribution in [-0.4, -0.2) is 20.4 Å². The summed E-state index contributed by atoms with van der Waals surface area (Å²) in [6, 6.07) is 8.81. The van der Waals surface area contributed by atoms with E-state index in [9.17, 15) is 4.79 Å². The van der Waals surface area contributed by atoms with Gasteiger partial charge in [-0.05, 0) is 19.1 Å². The first-order chi connectivity index (χ1) is 9.09. The average molecular weight is 274 g/mol. The zero-order valence-electron chi connectivity index (χ0n) is 10.4. The van der Waals surface area contributed by atoms with Gasteiger partial charge in [0.25, 0.3) is 0 Å². The highest BCUT2D eigenvalue weighted by Gasteiger charge is 2.18. The van der Waals surface area contributed by atoms with Gasteiger partial charge in [0, 0.05) is 18.1 Å². The van der Waals surface area contributed by atoms with Crippen molar-refractivity contribution in [2.75, 3.05) is 5.32 Å². The summed E-state index contributed by atoms with van der Waals surface area (Å²) in [6.07, 6.45) is 3.25. The molecule has 3 N–H and O–H groups in total. The minimum atomic E-state index is -0.445. The van der Waals surface area contributed by atoms with Gasteiger partial charge in [-0.25, -0.2) is 4.98 Å². The standard InChI is InChI=1S/C13H14N4OS/c1-9(17-8-7-15-12(17)11(14)19)13(18)16-10-5-3-2-4-6-10/h2-9H,1H3,(H2,14,19)(H,16,18). The molecule has 0 spiro atoms. The molecule has 0 saturated carbocycles. The smallest absolute Gasteiger partial charge is 0.247 e. The average Bonchev–Trinajstić information content (AvgIpc) is 2.88. The van der Waals surface area contributed by atoms with E-state index in [0.29, 0.717) is 5.82 Å². The Kier molecular flexibility index (Phi) is 3.91. The van der Waals surface area contributed by atoms with Crippen LogP contribution < -0.4 is 11.1 Å². The maximum Gasteiger partial charge on any atom is 0.247 e. The molecule has 1 amide bonds. The number of carbonyl (C=O) groups is 1. The van der Waals surface area contributed by atoms with Gasteiger partial charge in [0.05, 0.1) is 0 Å². The van der Waals surface area contributed by atoms with Crippen LogP contribution in [0.2, 0.25) is 0 Å². The van der Waals surface area contributed by atoms with Gasteiger partial charge in [0.2, 0.25) is 5.91 Å². The third kappa shape index (κ3) is 2.97. The second-order valence-corrected chi connectivity index (χ2v) is 4.49. The maximum absolute atomic E-state index is 12.1. The summed E-state index contributed by atoms with van der Waals surface area (Å²) < 4.78 is 1.65. The second-order valence-electron chi connectivity index (χ2n) is 4.05. The molecule has 6 heteroatoms. The third-order valence-corrected chi connectivity index (χ3v) is 2.91. The van der Waals surface area contributed by atoms with Gasteiger partial charge < -0.3 is 15.6 Å². The van der Waals surface area contributed by atoms with Crippen LogP contribution in [0.15, 0.2) is 42.7 Å². The normalized spacial score (nSPS) is 11.8. The Hall–Kier alpha value is -2.21. The number of nitrogens with two attached hydrogens (primary N) is 1. The number of imidazole rings is 1. The number of carbonyl (C=O) groups excluding carboxylic acids is 1. The number of para-hydroxylation sites is 1. The molecule has 1 aromatic carbocycles. The van der Waals surface area contributed by atoms with E-state index in [1.165, 1.54) is 0 Å². The van der Waals surface area contributed by atoms with Crippen LogP contribution in [0.25, 0.3) is 0 Å². The SMILES string of the molecule is CC(C(=O)Nc1ccccc1)n1ccnc1C(N)=S. The predicted octanol–water partition coefficient (Wildman–Crippen LogP) is 1.72. The highest BCUT2D eigenvalue weighted by Crippen LogP contribution is 2.13. The number of aromatic nitrogens is 2. The first-order valence-electron chi connectivity index (χ1n) is 5.78. The van der Waals surface area contributed by atoms with E-state index in [1.54, 1.807) is 23.9 Å². The van der Waals surface area contributed by atoms with Crippen molar-refractivity contribution >= 4 is 28.8 Å². The Balaban J connectivity index is 2.15. The number of hydrogen-bond acceptors (Lipinski definition) is 3. The van der Waals surface area contributed by atoms with Crippen LogP contribution in [0.4, 0.5) is 5.69 Å². The molecule has 1 heterocycles. The molecule has 1 unspecified atom stereocenters. The van der Waals surface area contributed by atoms with Crippen molar-refractivity contribution < 1.29 is 4.79 Å². The summed E-state index contributed by atoms with van der Waals surface area (Å²) in [5.74, 6) is 0.285. The summed E-state index contributed by atoms with van der Waals surface area (Å²) >= 11 is 4.90. The molecule has 19 heavy (non-hydrogen) atoms. The monoisotopic (exact) mass is 274 g/mol. The lowest BCUT2D eigenvalue weighted by atomic mass is 10.2. The fourth-order valence-electron chi connectivity index (χ4n) is 1.71. The fraction of sp³-hybridized carbons (Fsp3) is 0.154. The minimum absolute atomic E-state index is 0.151. The van der Waals surface area contributed by atoms with E-state index >= 15 is 0 Å². The van der Waals surface area contributed by atoms with Crippen LogP contribution >= 0.6 is 12.2 Å². The Morgan fingerprint density at radius 3 is 2.74 bits per heavy atom. The number of thiocarbonyl (C=S) groups is 1. The number of hydrogen-bond donors (Lipinski definition) is 2. The Morgan fingerprint density at radius 1 is 1.42 bits per heavy atom. The molecule has 98 valence electrons. The van der Waals surface area contributed by atoms with E-state index in [2.05, 4.69) is 10.3 Å². The third-order valence-electron chi connectivity index (χ3n) is 2.73. The Labute approximate surface area is 116 Å². The van der Waals surface area contributed by atoms with Crippen molar-refractivity contribution in [1.82, 2.24) is 9.55 Å². The van der Waals surface area contributed by atoms with Gasteiger partial charge >= 0.3 is 0 Å². The van der Waals surface area contributed by atoms with Crippen molar-refractivity contribution in [2.45, 2.75) is 13.0 Å². The van der Waals surface area contributed by atoms with E-state index in [1.807, 2.05) is 30.3 Å². The molecule has 2 rings (SSSR count). The lowest BCUT2D eigenvalue weighted by molar-refractivity contribution is -0.118. The molecule has 1 atom stereocenters. The summed E-state index contributed by atoms with van der Waals surface area (Å²) in [4.78, 5) is 16.4. The molecule has 5 nitrogen and oxygen atoms in total. The quantitative estimate of drug-likeness (QED) is 0.833. The summed E-state index contributed by atoms with van der Waals surface area (Å²) in [7, 11) is 0. The number of nitrogens with zero attached hydrogens (tertiary/aromatic N) is 2. The highest BCUT2D eigenvalue weighted by molar-refractivity contribution is 7.80. The largest absolute Gasteiger partial charge is 0.387 e. The van der Waals surface area contributed by atoms with Crippen molar-refractivity contribution in [3.8, 4) is 0 Å². The van der Waals surface area contributed by atoms with Crippen LogP contribution in [0.1, 0.15) is 18.8 Å². The summed E-state index contributed by atoms with van der Waals surface area (Å²) in [5.41, 5.74) is 6.31. The highest BCUT2D eigenvalue weighted by atomic mass is 32.1. The number of benzene rings is 1. The molecule has 0 aliphatic rings. The van der Waals surface area contributed by atoms with Gasteiger partial charge in [-0.2, -0.15) is 0 Å². The van der Waals surface area contributed by atoms with Gasteiger partial charge in [0.1, 0.15) is 11.0 Å². The number of amides is 1. The van der Waals surface area contributed by atoms with Crippen LogP contribution in [-0.2, 0) is 4.79 Å². The lowest BCUT2D eigenvalue weighted by Crippen LogP contribution is -2.27. The van der Waals surface area contributed by atoms with E-state index in [4.69, 9.17) is 18.0 Å². The van der Waals surface area contributed by atoms with Gasteiger partial charge in [-0.15, -0.1) is 0 Å². The van der Waals surface area contributed by atoms with E-state index in [0.717, 1.165) is 5.69 Å². The molecule has 0 fully saturated rings. The zero-order chi connectivity index (χ0) is 13.8. The lowest BCUT2D eigenvalue weighted by Gasteiger charge is -2.15. The fourth-order valence-corrected chi connectivity index (χ4v) is 1.87. The van der Waals surface area contributed by atoms with Crippen LogP contribution in [0.5, 0.6) is 0 Å². The molecule has 1 aromatic heterocycles. The van der Waals surface area contributed by atoms with Crippen molar-refractivity contribution in [1.29, 1.82) is 0 Å². The molecule has 2 aromatic rings. The molecule has 0 radical (unpaired) electrons. The molecular weight excluding hydrogens is 260 g/mol. The maximum atomic E-state index is 12.1. The van der Waals surface area contributed by atoms with Crippen molar-refractivity contribution in [2.24, 2.45) is 5.73 Å². The first kappa shape index (κ1) is 13.2. The van der Waals surface area contributed by atoms with Crippen molar-refractivity contribution in [3.05, 3.63) is 48.5 Å². The molecule has 0 bridgehead atoms. The number of rotatable bonds is 4. The predicted molar refractivity (Wildman–Crippen MR) is 77.9 cm³/mol. The number of anilines is 1. The second kappa shape index (κ2) is 5.62. The van der Waals surface area contributed by atoms with Gasteiger partial charge in [0.15, 0.2) is 5.82 Å². The van der Waals surface area contributed by atoms with Crippen molar-refractivity contribution in [3.63, 3.8) is 0 Å². The minimum Gasteiger partial charge on any atom is -0.387 e. The number of nitrogens with one attached hydrogen (secondary N) is 1. The molecule has 0 aliphatic carbocycles. The summed E-state index contributed by atoms with van der Waals surface area (Å²) in [6.45, 7) is 1.77. The van der Waals surface area contributed by atoms with Gasteiger partial charge in [-0.1, -0.05) is 30.4 Å². The van der Waals surface area contributed by atoms with E-state index in [-0.39, 0.29) is 10.9 Å². The van der Waals surface area contributed by atoms with Gasteiger partial charge in [-0.3, -0.25) is 4.79 Å².